The third-order valence-electron chi connectivity index (χ3n) is 4.86. The predicted octanol–water partition coefficient (Wildman–Crippen LogP) is 2.69. The zero-order chi connectivity index (χ0) is 12.8. The van der Waals surface area contributed by atoms with E-state index in [0.29, 0.717) is 11.5 Å². The maximum Gasteiger partial charge on any atom is 0.0622 e. The zero-order valence-corrected chi connectivity index (χ0v) is 12.1. The average molecular weight is 255 g/mol. The van der Waals surface area contributed by atoms with Crippen LogP contribution in [0.3, 0.4) is 0 Å². The summed E-state index contributed by atoms with van der Waals surface area (Å²) in [6.45, 7) is 4.01. The fraction of sp³-hybridized carbons (Fsp3) is 1.00. The second-order valence-electron chi connectivity index (χ2n) is 6.24. The van der Waals surface area contributed by atoms with E-state index in [9.17, 15) is 0 Å². The van der Waals surface area contributed by atoms with Gasteiger partial charge in [0.15, 0.2) is 0 Å². The lowest BCUT2D eigenvalue weighted by Gasteiger charge is -2.41. The molecule has 0 amide bonds. The van der Waals surface area contributed by atoms with Crippen molar-refractivity contribution in [2.24, 2.45) is 5.41 Å². The Morgan fingerprint density at radius 2 is 2.06 bits per heavy atom. The first kappa shape index (κ1) is 14.3. The third kappa shape index (κ3) is 3.69. The van der Waals surface area contributed by atoms with Gasteiger partial charge in [-0.2, -0.15) is 0 Å². The van der Waals surface area contributed by atoms with E-state index < -0.39 is 0 Å². The average Bonchev–Trinajstić information content (AvgIpc) is 2.91. The molecule has 18 heavy (non-hydrogen) atoms. The summed E-state index contributed by atoms with van der Waals surface area (Å²) in [5, 5.41) is 0. The topological polar surface area (TPSA) is 21.7 Å². The Labute approximate surface area is 112 Å². The molecule has 0 aromatic rings. The summed E-state index contributed by atoms with van der Waals surface area (Å²) in [7, 11) is 4.10. The van der Waals surface area contributed by atoms with Crippen LogP contribution in [0.4, 0.5) is 0 Å². The second kappa shape index (κ2) is 6.88. The van der Waals surface area contributed by atoms with Crippen LogP contribution < -0.4 is 0 Å². The van der Waals surface area contributed by atoms with Crippen LogP contribution in [-0.2, 0) is 9.47 Å². The summed E-state index contributed by atoms with van der Waals surface area (Å²) in [5.74, 6) is 0. The summed E-state index contributed by atoms with van der Waals surface area (Å²) in [6, 6.07) is 0.645. The van der Waals surface area contributed by atoms with Crippen LogP contribution in [0.1, 0.15) is 44.9 Å². The number of hydrogen-bond acceptors (Lipinski definition) is 3. The molecule has 2 fully saturated rings. The van der Waals surface area contributed by atoms with Crippen LogP contribution in [0.25, 0.3) is 0 Å². The molecule has 2 aliphatic rings. The Kier molecular flexibility index (Phi) is 5.46. The van der Waals surface area contributed by atoms with Gasteiger partial charge in [0.05, 0.1) is 6.61 Å². The standard InChI is InChI=1S/C15H29NO2/c1-16(14-6-10-18-12-14)13-15(9-11-17-2)7-4-3-5-8-15/h14H,3-13H2,1-2H3/t14-/m0/s1. The molecule has 0 unspecified atom stereocenters. The highest BCUT2D eigenvalue weighted by Gasteiger charge is 2.34. The monoisotopic (exact) mass is 255 g/mol. The van der Waals surface area contributed by atoms with E-state index in [2.05, 4.69) is 11.9 Å². The summed E-state index contributed by atoms with van der Waals surface area (Å²) in [5.41, 5.74) is 0.506. The van der Waals surface area contributed by atoms with E-state index in [1.54, 1.807) is 0 Å². The Morgan fingerprint density at radius 1 is 1.28 bits per heavy atom. The first-order valence-electron chi connectivity index (χ1n) is 7.53. The molecule has 0 radical (unpaired) electrons. The van der Waals surface area contributed by atoms with Gasteiger partial charge in [0, 0.05) is 32.9 Å². The number of ether oxygens (including phenoxy) is 2. The maximum absolute atomic E-state index is 5.52. The molecular weight excluding hydrogens is 226 g/mol. The van der Waals surface area contributed by atoms with Gasteiger partial charge in [0.25, 0.3) is 0 Å². The maximum atomic E-state index is 5.52. The van der Waals surface area contributed by atoms with E-state index in [0.717, 1.165) is 19.8 Å². The van der Waals surface area contributed by atoms with Crippen LogP contribution in [0, 0.1) is 5.41 Å². The van der Waals surface area contributed by atoms with Gasteiger partial charge in [-0.15, -0.1) is 0 Å². The van der Waals surface area contributed by atoms with Gasteiger partial charge in [-0.05, 0) is 38.1 Å². The normalized spacial score (nSPS) is 27.8. The molecule has 1 saturated carbocycles. The smallest absolute Gasteiger partial charge is 0.0622 e. The molecule has 1 aliphatic heterocycles. The van der Waals surface area contributed by atoms with Gasteiger partial charge in [-0.25, -0.2) is 0 Å². The third-order valence-corrected chi connectivity index (χ3v) is 4.86. The van der Waals surface area contributed by atoms with Gasteiger partial charge in [0.2, 0.25) is 0 Å². The molecule has 1 heterocycles. The van der Waals surface area contributed by atoms with E-state index in [1.807, 2.05) is 7.11 Å². The van der Waals surface area contributed by atoms with Crippen LogP contribution >= 0.6 is 0 Å². The Morgan fingerprint density at radius 3 is 2.67 bits per heavy atom. The zero-order valence-electron chi connectivity index (χ0n) is 12.1. The fourth-order valence-corrected chi connectivity index (χ4v) is 3.64. The van der Waals surface area contributed by atoms with Crippen LogP contribution in [0.5, 0.6) is 0 Å². The van der Waals surface area contributed by atoms with Gasteiger partial charge in [-0.3, -0.25) is 0 Å². The van der Waals surface area contributed by atoms with Crippen molar-refractivity contribution in [3.05, 3.63) is 0 Å². The molecule has 1 atom stereocenters. The molecule has 3 heteroatoms. The molecule has 3 nitrogen and oxygen atoms in total. The quantitative estimate of drug-likeness (QED) is 0.728. The minimum Gasteiger partial charge on any atom is -0.385 e. The van der Waals surface area contributed by atoms with Crippen molar-refractivity contribution in [3.8, 4) is 0 Å². The lowest BCUT2D eigenvalue weighted by Crippen LogP contribution is -2.43. The van der Waals surface area contributed by atoms with Crippen molar-refractivity contribution in [3.63, 3.8) is 0 Å². The van der Waals surface area contributed by atoms with E-state index >= 15 is 0 Å². The van der Waals surface area contributed by atoms with Crippen molar-refractivity contribution < 1.29 is 9.47 Å². The van der Waals surface area contributed by atoms with Crippen molar-refractivity contribution in [2.75, 3.05) is 40.5 Å². The largest absolute Gasteiger partial charge is 0.385 e. The molecular formula is C15H29NO2. The van der Waals surface area contributed by atoms with Crippen molar-refractivity contribution in [1.29, 1.82) is 0 Å². The molecule has 0 aromatic heterocycles. The van der Waals surface area contributed by atoms with Gasteiger partial charge >= 0.3 is 0 Å². The Hall–Kier alpha value is -0.120. The molecule has 2 rings (SSSR count). The van der Waals surface area contributed by atoms with Crippen LogP contribution in [0.15, 0.2) is 0 Å². The number of likely N-dealkylation sites (N-methyl/N-ethyl adjacent to an activating group) is 1. The number of hydrogen-bond donors (Lipinski definition) is 0. The lowest BCUT2D eigenvalue weighted by molar-refractivity contribution is 0.0525. The first-order chi connectivity index (χ1) is 8.76. The summed E-state index contributed by atoms with van der Waals surface area (Å²) in [6.07, 6.45) is 9.42. The van der Waals surface area contributed by atoms with E-state index in [-0.39, 0.29) is 0 Å². The highest BCUT2D eigenvalue weighted by molar-refractivity contribution is 4.87. The number of nitrogens with zero attached hydrogens (tertiary/aromatic N) is 1. The van der Waals surface area contributed by atoms with Crippen LogP contribution in [0.2, 0.25) is 0 Å². The molecule has 1 aliphatic carbocycles. The molecule has 0 bridgehead atoms. The summed E-state index contributed by atoms with van der Waals surface area (Å²) < 4.78 is 10.8. The molecule has 1 saturated heterocycles. The SMILES string of the molecule is COCCC1(CN(C)[C@H]2CCOC2)CCCCC1. The highest BCUT2D eigenvalue weighted by atomic mass is 16.5. The molecule has 0 N–H and O–H groups in total. The minimum atomic E-state index is 0.506. The van der Waals surface area contributed by atoms with Gasteiger partial charge in [0.1, 0.15) is 0 Å². The van der Waals surface area contributed by atoms with E-state index in [4.69, 9.17) is 9.47 Å². The van der Waals surface area contributed by atoms with E-state index in [1.165, 1.54) is 51.5 Å². The van der Waals surface area contributed by atoms with Crippen molar-refractivity contribution in [1.82, 2.24) is 4.90 Å². The molecule has 0 spiro atoms. The Bertz CT molecular complexity index is 233. The highest BCUT2D eigenvalue weighted by Crippen LogP contribution is 2.40. The van der Waals surface area contributed by atoms with Gasteiger partial charge in [-0.1, -0.05) is 19.3 Å². The van der Waals surface area contributed by atoms with Crippen molar-refractivity contribution >= 4 is 0 Å². The van der Waals surface area contributed by atoms with Crippen molar-refractivity contribution in [2.45, 2.75) is 51.0 Å². The minimum absolute atomic E-state index is 0.506. The molecule has 106 valence electrons. The second-order valence-corrected chi connectivity index (χ2v) is 6.24. The summed E-state index contributed by atoms with van der Waals surface area (Å²) in [4.78, 5) is 2.55. The predicted molar refractivity (Wildman–Crippen MR) is 73.9 cm³/mol. The number of rotatable bonds is 6. The number of methoxy groups -OCH3 is 1. The first-order valence-corrected chi connectivity index (χ1v) is 7.53. The summed E-state index contributed by atoms with van der Waals surface area (Å²) >= 11 is 0. The lowest BCUT2D eigenvalue weighted by atomic mass is 9.71. The van der Waals surface area contributed by atoms with Crippen LogP contribution in [-0.4, -0.2) is 51.5 Å². The van der Waals surface area contributed by atoms with Gasteiger partial charge < -0.3 is 14.4 Å². The fourth-order valence-electron chi connectivity index (χ4n) is 3.64. The Balaban J connectivity index is 1.90. The molecule has 0 aromatic carbocycles.